The Labute approximate surface area is 109 Å². The first-order chi connectivity index (χ1) is 8.62. The molecule has 0 aliphatic rings. The molecule has 1 aromatic rings. The van der Waals surface area contributed by atoms with Crippen LogP contribution in [0.4, 0.5) is 4.39 Å². The first kappa shape index (κ1) is 14.7. The lowest BCUT2D eigenvalue weighted by Crippen LogP contribution is -2.28. The number of rotatable bonds is 6. The first-order valence-electron chi connectivity index (χ1n) is 6.52. The molecule has 0 fully saturated rings. The Hall–Kier alpha value is -1.40. The van der Waals surface area contributed by atoms with Crippen molar-refractivity contribution in [2.75, 3.05) is 13.1 Å². The Morgan fingerprint density at radius 2 is 2.11 bits per heavy atom. The number of benzene rings is 1. The fourth-order valence-corrected chi connectivity index (χ4v) is 1.90. The van der Waals surface area contributed by atoms with Crippen molar-refractivity contribution < 1.29 is 4.39 Å². The minimum absolute atomic E-state index is 0.132. The van der Waals surface area contributed by atoms with Crippen LogP contribution in [0.15, 0.2) is 18.2 Å². The summed E-state index contributed by atoms with van der Waals surface area (Å²) in [6, 6.07) is 6.91. The van der Waals surface area contributed by atoms with Crippen molar-refractivity contribution in [2.45, 2.75) is 33.7 Å². The number of nitrogens with zero attached hydrogens (tertiary/aromatic N) is 2. The number of hydrogen-bond acceptors (Lipinski definition) is 2. The minimum Gasteiger partial charge on any atom is -0.299 e. The van der Waals surface area contributed by atoms with E-state index in [0.29, 0.717) is 18.0 Å². The van der Waals surface area contributed by atoms with Gasteiger partial charge in [-0.3, -0.25) is 4.90 Å². The van der Waals surface area contributed by atoms with E-state index in [-0.39, 0.29) is 11.4 Å². The quantitative estimate of drug-likeness (QED) is 0.769. The molecule has 1 unspecified atom stereocenters. The van der Waals surface area contributed by atoms with Gasteiger partial charge in [0.15, 0.2) is 0 Å². The summed E-state index contributed by atoms with van der Waals surface area (Å²) in [4.78, 5) is 2.22. The van der Waals surface area contributed by atoms with Crippen LogP contribution in [0, 0.1) is 23.1 Å². The zero-order valence-electron chi connectivity index (χ0n) is 11.4. The highest BCUT2D eigenvalue weighted by molar-refractivity contribution is 5.34. The summed E-state index contributed by atoms with van der Waals surface area (Å²) >= 11 is 0. The molecule has 98 valence electrons. The summed E-state index contributed by atoms with van der Waals surface area (Å²) in [5, 5.41) is 8.81. The molecule has 1 aromatic carbocycles. The van der Waals surface area contributed by atoms with E-state index in [9.17, 15) is 4.39 Å². The van der Waals surface area contributed by atoms with Crippen LogP contribution in [0.1, 0.15) is 38.3 Å². The third kappa shape index (κ3) is 3.82. The molecule has 1 rings (SSSR count). The van der Waals surface area contributed by atoms with Crippen LogP contribution in [-0.2, 0) is 6.54 Å². The molecule has 0 radical (unpaired) electrons. The molecule has 0 heterocycles. The fourth-order valence-electron chi connectivity index (χ4n) is 1.90. The molecule has 0 aliphatic carbocycles. The maximum atomic E-state index is 13.9. The van der Waals surface area contributed by atoms with E-state index >= 15 is 0 Å². The first-order valence-corrected chi connectivity index (χ1v) is 6.52. The van der Waals surface area contributed by atoms with Gasteiger partial charge in [-0.05, 0) is 18.5 Å². The zero-order valence-corrected chi connectivity index (χ0v) is 11.4. The lowest BCUT2D eigenvalue weighted by molar-refractivity contribution is 0.235. The molecule has 0 aromatic heterocycles. The van der Waals surface area contributed by atoms with Crippen molar-refractivity contribution in [1.82, 2.24) is 4.90 Å². The summed E-state index contributed by atoms with van der Waals surface area (Å²) in [7, 11) is 0. The highest BCUT2D eigenvalue weighted by Crippen LogP contribution is 2.15. The average molecular weight is 248 g/mol. The summed E-state index contributed by atoms with van der Waals surface area (Å²) < 4.78 is 13.9. The van der Waals surface area contributed by atoms with Crippen molar-refractivity contribution in [2.24, 2.45) is 5.92 Å². The minimum atomic E-state index is -0.373. The molecule has 0 aliphatic heterocycles. The van der Waals surface area contributed by atoms with Crippen molar-refractivity contribution >= 4 is 0 Å². The third-order valence-electron chi connectivity index (χ3n) is 3.31. The standard InChI is InChI=1S/C15H21FN2/c1-4-12(3)10-18(5-2)11-14-8-6-7-13(9-17)15(14)16/h6-8,12H,4-5,10-11H2,1-3H3. The predicted molar refractivity (Wildman–Crippen MR) is 71.5 cm³/mol. The van der Waals surface area contributed by atoms with Crippen LogP contribution in [0.2, 0.25) is 0 Å². The number of nitriles is 1. The summed E-state index contributed by atoms with van der Waals surface area (Å²) in [5.74, 6) is 0.231. The molecule has 0 bridgehead atoms. The molecular weight excluding hydrogens is 227 g/mol. The van der Waals surface area contributed by atoms with Gasteiger partial charge < -0.3 is 0 Å². The maximum Gasteiger partial charge on any atom is 0.145 e. The Morgan fingerprint density at radius 1 is 1.39 bits per heavy atom. The van der Waals surface area contributed by atoms with Gasteiger partial charge in [-0.2, -0.15) is 5.26 Å². The molecule has 0 N–H and O–H groups in total. The van der Waals surface area contributed by atoms with Gasteiger partial charge in [0.05, 0.1) is 5.56 Å². The molecule has 0 saturated carbocycles. The van der Waals surface area contributed by atoms with Crippen molar-refractivity contribution in [3.05, 3.63) is 35.1 Å². The van der Waals surface area contributed by atoms with E-state index < -0.39 is 0 Å². The lowest BCUT2D eigenvalue weighted by Gasteiger charge is -2.24. The largest absolute Gasteiger partial charge is 0.299 e. The Kier molecular flexibility index (Phi) is 5.80. The van der Waals surface area contributed by atoms with Gasteiger partial charge in [0.25, 0.3) is 0 Å². The highest BCUT2D eigenvalue weighted by Gasteiger charge is 2.12. The molecule has 0 spiro atoms. The van der Waals surface area contributed by atoms with Crippen LogP contribution >= 0.6 is 0 Å². The Morgan fingerprint density at radius 3 is 2.67 bits per heavy atom. The third-order valence-corrected chi connectivity index (χ3v) is 3.31. The average Bonchev–Trinajstić information content (AvgIpc) is 2.39. The van der Waals surface area contributed by atoms with Gasteiger partial charge in [-0.15, -0.1) is 0 Å². The predicted octanol–water partition coefficient (Wildman–Crippen LogP) is 3.57. The maximum absolute atomic E-state index is 13.9. The Balaban J connectivity index is 2.79. The molecule has 2 nitrogen and oxygen atoms in total. The molecule has 0 saturated heterocycles. The smallest absolute Gasteiger partial charge is 0.145 e. The van der Waals surface area contributed by atoms with Crippen LogP contribution < -0.4 is 0 Å². The summed E-state index contributed by atoms with van der Waals surface area (Å²) in [6.07, 6.45) is 1.12. The van der Waals surface area contributed by atoms with Crippen molar-refractivity contribution in [1.29, 1.82) is 5.26 Å². The normalized spacial score (nSPS) is 12.4. The second-order valence-electron chi connectivity index (χ2n) is 4.73. The van der Waals surface area contributed by atoms with Gasteiger partial charge in [-0.1, -0.05) is 39.3 Å². The van der Waals surface area contributed by atoms with Crippen molar-refractivity contribution in [3.63, 3.8) is 0 Å². The molecule has 0 amide bonds. The monoisotopic (exact) mass is 248 g/mol. The van der Waals surface area contributed by atoms with E-state index in [4.69, 9.17) is 5.26 Å². The molecule has 1 atom stereocenters. The zero-order chi connectivity index (χ0) is 13.5. The van der Waals surface area contributed by atoms with Crippen LogP contribution in [0.3, 0.4) is 0 Å². The van der Waals surface area contributed by atoms with Gasteiger partial charge in [0, 0.05) is 18.7 Å². The van der Waals surface area contributed by atoms with E-state index in [1.54, 1.807) is 12.1 Å². The Bertz CT molecular complexity index is 423. The van der Waals surface area contributed by atoms with Crippen LogP contribution in [0.25, 0.3) is 0 Å². The number of halogens is 1. The van der Waals surface area contributed by atoms with Gasteiger partial charge >= 0.3 is 0 Å². The second kappa shape index (κ2) is 7.13. The number of hydrogen-bond donors (Lipinski definition) is 0. The van der Waals surface area contributed by atoms with Crippen LogP contribution in [-0.4, -0.2) is 18.0 Å². The molecule has 3 heteroatoms. The van der Waals surface area contributed by atoms with E-state index in [1.165, 1.54) is 6.07 Å². The lowest BCUT2D eigenvalue weighted by atomic mass is 10.1. The summed E-state index contributed by atoms with van der Waals surface area (Å²) in [5.41, 5.74) is 0.742. The van der Waals surface area contributed by atoms with Gasteiger partial charge in [-0.25, -0.2) is 4.39 Å². The van der Waals surface area contributed by atoms with Gasteiger partial charge in [0.2, 0.25) is 0 Å². The topological polar surface area (TPSA) is 27.0 Å². The second-order valence-corrected chi connectivity index (χ2v) is 4.73. The molecular formula is C15H21FN2. The van der Waals surface area contributed by atoms with E-state index in [0.717, 1.165) is 19.5 Å². The van der Waals surface area contributed by atoms with E-state index in [1.807, 2.05) is 6.07 Å². The molecule has 18 heavy (non-hydrogen) atoms. The SMILES string of the molecule is CCC(C)CN(CC)Cc1cccc(C#N)c1F. The van der Waals surface area contributed by atoms with Gasteiger partial charge in [0.1, 0.15) is 11.9 Å². The van der Waals surface area contributed by atoms with Crippen LogP contribution in [0.5, 0.6) is 0 Å². The summed E-state index contributed by atoms with van der Waals surface area (Å²) in [6.45, 7) is 8.86. The van der Waals surface area contributed by atoms with E-state index in [2.05, 4.69) is 25.7 Å². The fraction of sp³-hybridized carbons (Fsp3) is 0.533. The highest BCUT2D eigenvalue weighted by atomic mass is 19.1. The van der Waals surface area contributed by atoms with Crippen molar-refractivity contribution in [3.8, 4) is 6.07 Å².